The molecule has 21 heavy (non-hydrogen) atoms. The summed E-state index contributed by atoms with van der Waals surface area (Å²) in [5, 5.41) is 12.0. The number of carboxylic acids is 1. The van der Waals surface area contributed by atoms with Crippen LogP contribution in [0, 0.1) is 0 Å². The van der Waals surface area contributed by atoms with Crippen LogP contribution in [-0.2, 0) is 4.79 Å². The fourth-order valence-corrected chi connectivity index (χ4v) is 2.41. The van der Waals surface area contributed by atoms with Gasteiger partial charge >= 0.3 is 5.97 Å². The maximum absolute atomic E-state index is 12.3. The molecule has 0 saturated carbocycles. The molecule has 1 amide bonds. The zero-order valence-corrected chi connectivity index (χ0v) is 12.0. The van der Waals surface area contributed by atoms with Gasteiger partial charge in [0.2, 0.25) is 5.91 Å². The highest BCUT2D eigenvalue weighted by molar-refractivity contribution is 5.95. The molecule has 1 saturated heterocycles. The van der Waals surface area contributed by atoms with Crippen molar-refractivity contribution in [2.75, 3.05) is 24.1 Å². The van der Waals surface area contributed by atoms with Crippen LogP contribution in [0.1, 0.15) is 36.5 Å². The summed E-state index contributed by atoms with van der Waals surface area (Å²) >= 11 is 0. The number of carbonyl (C=O) groups is 2. The average Bonchev–Trinajstić information content (AvgIpc) is 2.49. The number of nitrogens with one attached hydrogen (secondary N) is 1. The monoisotopic (exact) mass is 292 g/mol. The van der Waals surface area contributed by atoms with E-state index in [9.17, 15) is 9.59 Å². The van der Waals surface area contributed by atoms with Gasteiger partial charge in [-0.25, -0.2) is 9.78 Å². The van der Waals surface area contributed by atoms with E-state index in [1.165, 1.54) is 12.3 Å². The van der Waals surface area contributed by atoms with Crippen molar-refractivity contribution in [3.05, 3.63) is 17.8 Å². The van der Waals surface area contributed by atoms with Gasteiger partial charge in [-0.2, -0.15) is 0 Å². The lowest BCUT2D eigenvalue weighted by Gasteiger charge is -2.29. The van der Waals surface area contributed by atoms with Crippen molar-refractivity contribution in [1.29, 1.82) is 0 Å². The summed E-state index contributed by atoms with van der Waals surface area (Å²) in [4.78, 5) is 29.3. The Labute approximate surface area is 123 Å². The number of aromatic nitrogens is 1. The fourth-order valence-electron chi connectivity index (χ4n) is 2.41. The molecule has 0 radical (unpaired) electrons. The number of hydrogen-bond donors (Lipinski definition) is 3. The Hall–Kier alpha value is -2.31. The Morgan fingerprint density at radius 3 is 2.67 bits per heavy atom. The number of carbonyl (C=O) groups excluding carboxylic acids is 1. The van der Waals surface area contributed by atoms with Crippen molar-refractivity contribution in [3.63, 3.8) is 0 Å². The Morgan fingerprint density at radius 1 is 1.38 bits per heavy atom. The molecule has 1 aliphatic rings. The number of nitrogens with two attached hydrogens (primary N) is 1. The highest BCUT2D eigenvalue weighted by atomic mass is 16.4. The highest BCUT2D eigenvalue weighted by Crippen LogP contribution is 2.18. The van der Waals surface area contributed by atoms with E-state index in [4.69, 9.17) is 10.8 Å². The molecule has 1 fully saturated rings. The molecule has 1 aromatic rings. The molecule has 1 atom stereocenters. The van der Waals surface area contributed by atoms with Crippen LogP contribution in [0.15, 0.2) is 12.3 Å². The second-order valence-corrected chi connectivity index (χ2v) is 5.22. The molecule has 7 heteroatoms. The average molecular weight is 292 g/mol. The molecule has 1 unspecified atom stereocenters. The molecule has 1 aliphatic heterocycles. The largest absolute Gasteiger partial charge is 0.478 e. The second-order valence-electron chi connectivity index (χ2n) is 5.22. The summed E-state index contributed by atoms with van der Waals surface area (Å²) < 4.78 is 0. The van der Waals surface area contributed by atoms with Crippen LogP contribution in [-0.4, -0.2) is 46.0 Å². The third kappa shape index (κ3) is 3.62. The first-order valence-corrected chi connectivity index (χ1v) is 7.03. The van der Waals surface area contributed by atoms with E-state index in [1.54, 1.807) is 11.8 Å². The normalized spacial score (nSPS) is 16.3. The van der Waals surface area contributed by atoms with Crippen molar-refractivity contribution in [2.24, 2.45) is 0 Å². The van der Waals surface area contributed by atoms with Gasteiger partial charge in [-0.1, -0.05) is 0 Å². The summed E-state index contributed by atoms with van der Waals surface area (Å²) in [5.74, 6) is -1.01. The number of rotatable bonds is 4. The minimum atomic E-state index is -1.13. The molecule has 0 aromatic carbocycles. The van der Waals surface area contributed by atoms with Gasteiger partial charge in [-0.05, 0) is 32.3 Å². The van der Waals surface area contributed by atoms with Crippen molar-refractivity contribution in [1.82, 2.24) is 9.88 Å². The number of amides is 1. The SMILES string of the molecule is CC(Nc1ncc(N)cc1C(=O)O)C(=O)N1CCCCC1. The van der Waals surface area contributed by atoms with Crippen LogP contribution in [0.3, 0.4) is 0 Å². The molecule has 1 aromatic heterocycles. The van der Waals surface area contributed by atoms with Gasteiger partial charge in [0.05, 0.1) is 11.9 Å². The Balaban J connectivity index is 2.10. The van der Waals surface area contributed by atoms with Crippen LogP contribution in [0.5, 0.6) is 0 Å². The Morgan fingerprint density at radius 2 is 2.05 bits per heavy atom. The van der Waals surface area contributed by atoms with E-state index in [1.807, 2.05) is 0 Å². The lowest BCUT2D eigenvalue weighted by atomic mass is 10.1. The minimum absolute atomic E-state index is 0.0340. The number of anilines is 2. The smallest absolute Gasteiger partial charge is 0.339 e. The van der Waals surface area contributed by atoms with Crippen molar-refractivity contribution < 1.29 is 14.7 Å². The number of piperidine rings is 1. The van der Waals surface area contributed by atoms with Gasteiger partial charge in [0.15, 0.2) is 0 Å². The zero-order valence-electron chi connectivity index (χ0n) is 12.0. The highest BCUT2D eigenvalue weighted by Gasteiger charge is 2.23. The standard InChI is InChI=1S/C14H20N4O3/c1-9(13(19)18-5-3-2-4-6-18)17-12-11(14(20)21)7-10(15)8-16-12/h7-9H,2-6,15H2,1H3,(H,16,17)(H,20,21). The van der Waals surface area contributed by atoms with Gasteiger partial charge in [-0.15, -0.1) is 0 Å². The first kappa shape index (κ1) is 15.1. The first-order valence-electron chi connectivity index (χ1n) is 7.03. The molecule has 114 valence electrons. The fraction of sp³-hybridized carbons (Fsp3) is 0.500. The molecular weight excluding hydrogens is 272 g/mol. The topological polar surface area (TPSA) is 109 Å². The summed E-state index contributed by atoms with van der Waals surface area (Å²) in [6.07, 6.45) is 4.54. The predicted octanol–water partition coefficient (Wildman–Crippen LogP) is 1.17. The molecule has 2 heterocycles. The number of carboxylic acid groups (broad SMARTS) is 1. The number of nitrogen functional groups attached to an aromatic ring is 1. The molecular formula is C14H20N4O3. The van der Waals surface area contributed by atoms with E-state index in [0.29, 0.717) is 0 Å². The van der Waals surface area contributed by atoms with Gasteiger partial charge in [-0.3, -0.25) is 4.79 Å². The molecule has 0 bridgehead atoms. The second kappa shape index (κ2) is 6.43. The van der Waals surface area contributed by atoms with Crippen LogP contribution in [0.4, 0.5) is 11.5 Å². The van der Waals surface area contributed by atoms with E-state index in [-0.39, 0.29) is 23.0 Å². The minimum Gasteiger partial charge on any atom is -0.478 e. The predicted molar refractivity (Wildman–Crippen MR) is 79.1 cm³/mol. The quantitative estimate of drug-likeness (QED) is 0.769. The van der Waals surface area contributed by atoms with E-state index in [2.05, 4.69) is 10.3 Å². The van der Waals surface area contributed by atoms with Gasteiger partial charge in [0.25, 0.3) is 0 Å². The van der Waals surface area contributed by atoms with E-state index < -0.39 is 12.0 Å². The Kier molecular flexibility index (Phi) is 4.62. The lowest BCUT2D eigenvalue weighted by Crippen LogP contribution is -2.44. The number of aromatic carboxylic acids is 1. The van der Waals surface area contributed by atoms with Crippen LogP contribution >= 0.6 is 0 Å². The van der Waals surface area contributed by atoms with E-state index >= 15 is 0 Å². The lowest BCUT2D eigenvalue weighted by molar-refractivity contribution is -0.132. The number of likely N-dealkylation sites (tertiary alicyclic amines) is 1. The van der Waals surface area contributed by atoms with Gasteiger partial charge < -0.3 is 21.1 Å². The number of hydrogen-bond acceptors (Lipinski definition) is 5. The number of nitrogens with zero attached hydrogens (tertiary/aromatic N) is 2. The summed E-state index contributed by atoms with van der Waals surface area (Å²) in [7, 11) is 0. The van der Waals surface area contributed by atoms with Crippen molar-refractivity contribution >= 4 is 23.4 Å². The first-order chi connectivity index (χ1) is 9.99. The maximum atomic E-state index is 12.3. The summed E-state index contributed by atoms with van der Waals surface area (Å²) in [5.41, 5.74) is 5.78. The molecule has 7 nitrogen and oxygen atoms in total. The molecule has 0 spiro atoms. The molecule has 0 aliphatic carbocycles. The van der Waals surface area contributed by atoms with Crippen LogP contribution in [0.25, 0.3) is 0 Å². The van der Waals surface area contributed by atoms with E-state index in [0.717, 1.165) is 32.4 Å². The maximum Gasteiger partial charge on any atom is 0.339 e. The third-order valence-electron chi connectivity index (χ3n) is 3.53. The van der Waals surface area contributed by atoms with Crippen LogP contribution in [0.2, 0.25) is 0 Å². The summed E-state index contributed by atoms with van der Waals surface area (Å²) in [6.45, 7) is 3.22. The molecule has 2 rings (SSSR count). The zero-order chi connectivity index (χ0) is 15.4. The van der Waals surface area contributed by atoms with Crippen molar-refractivity contribution in [2.45, 2.75) is 32.2 Å². The van der Waals surface area contributed by atoms with Gasteiger partial charge in [0.1, 0.15) is 17.4 Å². The third-order valence-corrected chi connectivity index (χ3v) is 3.53. The Bertz CT molecular complexity index is 541. The summed E-state index contributed by atoms with van der Waals surface area (Å²) in [6, 6.07) is 0.799. The van der Waals surface area contributed by atoms with Gasteiger partial charge in [0, 0.05) is 13.1 Å². The van der Waals surface area contributed by atoms with Crippen molar-refractivity contribution in [3.8, 4) is 0 Å². The van der Waals surface area contributed by atoms with Crippen LogP contribution < -0.4 is 11.1 Å². The molecule has 4 N–H and O–H groups in total. The number of pyridine rings is 1.